The van der Waals surface area contributed by atoms with Crippen LogP contribution in [0.25, 0.3) is 0 Å². The van der Waals surface area contributed by atoms with Crippen molar-refractivity contribution in [2.45, 2.75) is 26.8 Å². The molecule has 1 unspecified atom stereocenters. The Morgan fingerprint density at radius 3 is 2.29 bits per heavy atom. The third-order valence-corrected chi connectivity index (χ3v) is 4.32. The van der Waals surface area contributed by atoms with Gasteiger partial charge in [0.15, 0.2) is 0 Å². The largest absolute Gasteiger partial charge is 0.494 e. The zero-order valence-electron chi connectivity index (χ0n) is 12.8. The highest BCUT2D eigenvalue weighted by molar-refractivity contribution is 9.10. The smallest absolute Gasteiger partial charge is 0.119 e. The lowest BCUT2D eigenvalue weighted by atomic mass is 9.97. The van der Waals surface area contributed by atoms with Gasteiger partial charge in [0.2, 0.25) is 0 Å². The summed E-state index contributed by atoms with van der Waals surface area (Å²) in [6.07, 6.45) is 0. The second-order valence-electron chi connectivity index (χ2n) is 5.00. The summed E-state index contributed by atoms with van der Waals surface area (Å²) in [7, 11) is 0. The predicted molar refractivity (Wildman–Crippen MR) is 92.0 cm³/mol. The molecule has 2 aromatic rings. The van der Waals surface area contributed by atoms with Gasteiger partial charge in [-0.05, 0) is 55.3 Å². The molecule has 3 heteroatoms. The summed E-state index contributed by atoms with van der Waals surface area (Å²) < 4.78 is 6.66. The molecule has 2 rings (SSSR count). The Balaban J connectivity index is 2.31. The van der Waals surface area contributed by atoms with Crippen molar-refractivity contribution in [2.24, 2.45) is 0 Å². The van der Waals surface area contributed by atoms with Gasteiger partial charge in [0.1, 0.15) is 5.75 Å². The summed E-state index contributed by atoms with van der Waals surface area (Å²) in [6.45, 7) is 7.85. The molecule has 0 bridgehead atoms. The van der Waals surface area contributed by atoms with Crippen LogP contribution in [0, 0.1) is 6.92 Å². The first kappa shape index (κ1) is 16.1. The molecule has 0 amide bonds. The van der Waals surface area contributed by atoms with Crippen LogP contribution in [-0.4, -0.2) is 13.2 Å². The molecule has 0 aliphatic heterocycles. The van der Waals surface area contributed by atoms with E-state index in [-0.39, 0.29) is 6.04 Å². The van der Waals surface area contributed by atoms with E-state index in [2.05, 4.69) is 65.4 Å². The van der Waals surface area contributed by atoms with Crippen molar-refractivity contribution < 1.29 is 4.74 Å². The van der Waals surface area contributed by atoms with Crippen LogP contribution in [-0.2, 0) is 0 Å². The first-order valence-electron chi connectivity index (χ1n) is 7.37. The van der Waals surface area contributed by atoms with Crippen molar-refractivity contribution in [1.82, 2.24) is 5.32 Å². The molecule has 0 radical (unpaired) electrons. The summed E-state index contributed by atoms with van der Waals surface area (Å²) in [5, 5.41) is 3.55. The van der Waals surface area contributed by atoms with Gasteiger partial charge in [-0.25, -0.2) is 0 Å². The van der Waals surface area contributed by atoms with Crippen LogP contribution < -0.4 is 10.1 Å². The van der Waals surface area contributed by atoms with Gasteiger partial charge < -0.3 is 10.1 Å². The summed E-state index contributed by atoms with van der Waals surface area (Å²) in [6, 6.07) is 15.1. The average Bonchev–Trinajstić information content (AvgIpc) is 2.49. The Labute approximate surface area is 135 Å². The Morgan fingerprint density at radius 2 is 1.71 bits per heavy atom. The molecule has 0 saturated carbocycles. The van der Waals surface area contributed by atoms with Crippen LogP contribution in [0.5, 0.6) is 5.75 Å². The maximum atomic E-state index is 5.51. The lowest BCUT2D eigenvalue weighted by molar-refractivity contribution is 0.340. The molecule has 112 valence electrons. The monoisotopic (exact) mass is 347 g/mol. The Bertz CT molecular complexity index is 580. The minimum Gasteiger partial charge on any atom is -0.494 e. The van der Waals surface area contributed by atoms with Crippen molar-refractivity contribution in [3.8, 4) is 5.75 Å². The fourth-order valence-corrected chi connectivity index (χ4v) is 2.74. The Kier molecular flexibility index (Phi) is 5.83. The van der Waals surface area contributed by atoms with Crippen LogP contribution in [0.4, 0.5) is 0 Å². The third-order valence-electron chi connectivity index (χ3n) is 3.46. The first-order chi connectivity index (χ1) is 10.2. The molecule has 0 saturated heterocycles. The minimum atomic E-state index is 0.197. The molecule has 0 heterocycles. The van der Waals surface area contributed by atoms with Crippen molar-refractivity contribution in [1.29, 1.82) is 0 Å². The van der Waals surface area contributed by atoms with E-state index in [0.29, 0.717) is 6.61 Å². The molecule has 0 aromatic heterocycles. The zero-order chi connectivity index (χ0) is 15.2. The van der Waals surface area contributed by atoms with Gasteiger partial charge in [-0.15, -0.1) is 0 Å². The topological polar surface area (TPSA) is 21.3 Å². The number of nitrogens with one attached hydrogen (secondary N) is 1. The van der Waals surface area contributed by atoms with Crippen molar-refractivity contribution in [3.05, 3.63) is 63.6 Å². The SMILES string of the molecule is CCNC(c1ccc(OCC)cc1)c1ccc(C)c(Br)c1. The number of rotatable bonds is 6. The maximum absolute atomic E-state index is 5.51. The van der Waals surface area contributed by atoms with E-state index in [4.69, 9.17) is 4.74 Å². The first-order valence-corrected chi connectivity index (χ1v) is 8.17. The fraction of sp³-hybridized carbons (Fsp3) is 0.333. The van der Waals surface area contributed by atoms with Crippen LogP contribution in [0.15, 0.2) is 46.9 Å². The highest BCUT2D eigenvalue weighted by atomic mass is 79.9. The highest BCUT2D eigenvalue weighted by Crippen LogP contribution is 2.27. The number of halogens is 1. The Morgan fingerprint density at radius 1 is 1.05 bits per heavy atom. The molecule has 0 aliphatic rings. The number of ether oxygens (including phenoxy) is 1. The molecule has 0 fully saturated rings. The number of benzene rings is 2. The summed E-state index contributed by atoms with van der Waals surface area (Å²) in [4.78, 5) is 0. The van der Waals surface area contributed by atoms with E-state index in [1.807, 2.05) is 19.1 Å². The second-order valence-corrected chi connectivity index (χ2v) is 5.86. The van der Waals surface area contributed by atoms with Crippen LogP contribution in [0.2, 0.25) is 0 Å². The quantitative estimate of drug-likeness (QED) is 0.805. The van der Waals surface area contributed by atoms with Gasteiger partial charge in [-0.2, -0.15) is 0 Å². The molecule has 2 nitrogen and oxygen atoms in total. The predicted octanol–water partition coefficient (Wildman–Crippen LogP) is 4.86. The van der Waals surface area contributed by atoms with E-state index < -0.39 is 0 Å². The lowest BCUT2D eigenvalue weighted by Crippen LogP contribution is -2.22. The summed E-state index contributed by atoms with van der Waals surface area (Å²) in [5.41, 5.74) is 3.76. The second kappa shape index (κ2) is 7.62. The normalized spacial score (nSPS) is 12.2. The standard InChI is InChI=1S/C18H22BrNO/c1-4-20-18(15-7-6-13(3)17(19)12-15)14-8-10-16(11-9-14)21-5-2/h6-12,18,20H,4-5H2,1-3H3. The molecular formula is C18H22BrNO. The number of hydrogen-bond acceptors (Lipinski definition) is 2. The highest BCUT2D eigenvalue weighted by Gasteiger charge is 2.13. The van der Waals surface area contributed by atoms with Crippen molar-refractivity contribution in [3.63, 3.8) is 0 Å². The average molecular weight is 348 g/mol. The van der Waals surface area contributed by atoms with E-state index >= 15 is 0 Å². The van der Waals surface area contributed by atoms with Gasteiger partial charge in [0, 0.05) is 4.47 Å². The molecular weight excluding hydrogens is 326 g/mol. The third kappa shape index (κ3) is 4.08. The van der Waals surface area contributed by atoms with E-state index in [1.165, 1.54) is 16.7 Å². The summed E-state index contributed by atoms with van der Waals surface area (Å²) in [5.74, 6) is 0.918. The fourth-order valence-electron chi connectivity index (χ4n) is 2.34. The van der Waals surface area contributed by atoms with Crippen LogP contribution in [0.3, 0.4) is 0 Å². The maximum Gasteiger partial charge on any atom is 0.119 e. The van der Waals surface area contributed by atoms with Gasteiger partial charge in [-0.1, -0.05) is 47.1 Å². The van der Waals surface area contributed by atoms with Crippen LogP contribution in [0.1, 0.15) is 36.6 Å². The van der Waals surface area contributed by atoms with Gasteiger partial charge in [0.05, 0.1) is 12.6 Å². The number of aryl methyl sites for hydroxylation is 1. The van der Waals surface area contributed by atoms with Crippen molar-refractivity contribution >= 4 is 15.9 Å². The van der Waals surface area contributed by atoms with Gasteiger partial charge in [0.25, 0.3) is 0 Å². The molecule has 0 aliphatic carbocycles. The van der Waals surface area contributed by atoms with Gasteiger partial charge >= 0.3 is 0 Å². The van der Waals surface area contributed by atoms with Gasteiger partial charge in [-0.3, -0.25) is 0 Å². The zero-order valence-corrected chi connectivity index (χ0v) is 14.4. The lowest BCUT2D eigenvalue weighted by Gasteiger charge is -2.20. The van der Waals surface area contributed by atoms with E-state index in [1.54, 1.807) is 0 Å². The van der Waals surface area contributed by atoms with E-state index in [9.17, 15) is 0 Å². The molecule has 21 heavy (non-hydrogen) atoms. The molecule has 0 spiro atoms. The number of hydrogen-bond donors (Lipinski definition) is 1. The molecule has 1 N–H and O–H groups in total. The van der Waals surface area contributed by atoms with Crippen LogP contribution >= 0.6 is 15.9 Å². The molecule has 2 aromatic carbocycles. The summed E-state index contributed by atoms with van der Waals surface area (Å²) >= 11 is 3.62. The molecule has 1 atom stereocenters. The minimum absolute atomic E-state index is 0.197. The van der Waals surface area contributed by atoms with E-state index in [0.717, 1.165) is 16.8 Å². The van der Waals surface area contributed by atoms with Crippen molar-refractivity contribution in [2.75, 3.05) is 13.2 Å². The Hall–Kier alpha value is -1.32.